The number of fused-ring (bicyclic) bond motifs is 1. The summed E-state index contributed by atoms with van der Waals surface area (Å²) < 4.78 is 1.75. The number of nitrogens with zero attached hydrogens (tertiary/aromatic N) is 3. The molecular weight excluding hydrogens is 276 g/mol. The second-order valence-electron chi connectivity index (χ2n) is 4.37. The summed E-state index contributed by atoms with van der Waals surface area (Å²) in [5.41, 5.74) is 2.36. The maximum atomic E-state index is 12.0. The van der Waals surface area contributed by atoms with E-state index in [4.69, 9.17) is 11.6 Å². The lowest BCUT2D eigenvalue weighted by molar-refractivity contribution is -0.115. The van der Waals surface area contributed by atoms with Gasteiger partial charge in [-0.25, -0.2) is 0 Å². The number of pyridine rings is 1. The van der Waals surface area contributed by atoms with Crippen molar-refractivity contribution in [2.24, 2.45) is 0 Å². The molecule has 0 saturated heterocycles. The first-order valence-electron chi connectivity index (χ1n) is 6.04. The fourth-order valence-corrected chi connectivity index (χ4v) is 2.02. The van der Waals surface area contributed by atoms with Crippen LogP contribution < -0.4 is 5.32 Å². The second kappa shape index (κ2) is 5.30. The number of hydrogen-bond acceptors (Lipinski definition) is 3. The van der Waals surface area contributed by atoms with Crippen LogP contribution in [-0.2, 0) is 11.2 Å². The first-order valence-corrected chi connectivity index (χ1v) is 6.42. The third-order valence-electron chi connectivity index (χ3n) is 2.85. The van der Waals surface area contributed by atoms with Gasteiger partial charge in [0.2, 0.25) is 5.91 Å². The summed E-state index contributed by atoms with van der Waals surface area (Å²) in [7, 11) is 0. The van der Waals surface area contributed by atoms with Crippen molar-refractivity contribution in [3.8, 4) is 0 Å². The van der Waals surface area contributed by atoms with Gasteiger partial charge in [-0.2, -0.15) is 0 Å². The first kappa shape index (κ1) is 12.6. The Hall–Kier alpha value is -2.40. The van der Waals surface area contributed by atoms with Gasteiger partial charge in [-0.15, -0.1) is 10.2 Å². The van der Waals surface area contributed by atoms with Gasteiger partial charge in [-0.1, -0.05) is 23.7 Å². The normalized spacial score (nSPS) is 10.7. The average Bonchev–Trinajstić information content (AvgIpc) is 2.89. The molecule has 0 saturated carbocycles. The summed E-state index contributed by atoms with van der Waals surface area (Å²) in [5, 5.41) is 11.2. The molecule has 0 spiro atoms. The highest BCUT2D eigenvalue weighted by atomic mass is 35.5. The van der Waals surface area contributed by atoms with E-state index in [2.05, 4.69) is 15.5 Å². The van der Waals surface area contributed by atoms with Gasteiger partial charge < -0.3 is 5.32 Å². The van der Waals surface area contributed by atoms with Crippen LogP contribution in [0.5, 0.6) is 0 Å². The monoisotopic (exact) mass is 286 g/mol. The fraction of sp³-hybridized carbons (Fsp3) is 0.0714. The van der Waals surface area contributed by atoms with E-state index in [0.717, 1.165) is 11.2 Å². The van der Waals surface area contributed by atoms with Gasteiger partial charge in [-0.3, -0.25) is 9.20 Å². The minimum Gasteiger partial charge on any atom is -0.324 e. The molecule has 3 rings (SSSR count). The number of benzene rings is 1. The van der Waals surface area contributed by atoms with E-state index in [1.165, 1.54) is 0 Å². The van der Waals surface area contributed by atoms with E-state index in [1.54, 1.807) is 41.2 Å². The van der Waals surface area contributed by atoms with Crippen LogP contribution in [0.3, 0.4) is 0 Å². The Morgan fingerprint density at radius 1 is 1.20 bits per heavy atom. The van der Waals surface area contributed by atoms with Crippen LogP contribution in [0.4, 0.5) is 5.69 Å². The van der Waals surface area contributed by atoms with Crippen LogP contribution in [-0.4, -0.2) is 20.5 Å². The number of rotatable bonds is 3. The molecule has 2 heterocycles. The Bertz CT molecular complexity index is 751. The molecule has 0 atom stereocenters. The standard InChI is InChI=1S/C14H11ClN4O/c15-11-3-1-10(2-4-11)7-14(20)17-12-5-6-13-18-16-9-19(13)8-12/h1-6,8-9H,7H2,(H,17,20). The van der Waals surface area contributed by atoms with Crippen LogP contribution in [0.1, 0.15) is 5.56 Å². The molecule has 0 fully saturated rings. The Balaban J connectivity index is 1.70. The molecule has 20 heavy (non-hydrogen) atoms. The molecule has 2 aromatic heterocycles. The molecule has 0 unspecified atom stereocenters. The van der Waals surface area contributed by atoms with Crippen molar-refractivity contribution >= 4 is 28.8 Å². The number of carbonyl (C=O) groups is 1. The van der Waals surface area contributed by atoms with Gasteiger partial charge in [-0.05, 0) is 29.8 Å². The van der Waals surface area contributed by atoms with Crippen LogP contribution in [0, 0.1) is 0 Å². The van der Waals surface area contributed by atoms with E-state index in [-0.39, 0.29) is 5.91 Å². The zero-order valence-corrected chi connectivity index (χ0v) is 11.2. The van der Waals surface area contributed by atoms with Crippen molar-refractivity contribution in [3.63, 3.8) is 0 Å². The number of hydrogen-bond donors (Lipinski definition) is 1. The van der Waals surface area contributed by atoms with Crippen molar-refractivity contribution in [3.05, 3.63) is 59.5 Å². The number of nitrogens with one attached hydrogen (secondary N) is 1. The molecule has 0 radical (unpaired) electrons. The lowest BCUT2D eigenvalue weighted by Gasteiger charge is -2.05. The highest BCUT2D eigenvalue weighted by Gasteiger charge is 2.05. The highest BCUT2D eigenvalue weighted by molar-refractivity contribution is 6.30. The Kier molecular flexibility index (Phi) is 3.35. The third kappa shape index (κ3) is 2.78. The molecule has 6 heteroatoms. The highest BCUT2D eigenvalue weighted by Crippen LogP contribution is 2.12. The summed E-state index contributed by atoms with van der Waals surface area (Å²) in [5.74, 6) is -0.0836. The van der Waals surface area contributed by atoms with Crippen molar-refractivity contribution in [1.82, 2.24) is 14.6 Å². The molecule has 0 aliphatic heterocycles. The molecule has 1 aromatic carbocycles. The zero-order chi connectivity index (χ0) is 13.9. The Labute approximate surface area is 120 Å². The lowest BCUT2D eigenvalue weighted by Crippen LogP contribution is -2.14. The van der Waals surface area contributed by atoms with E-state index >= 15 is 0 Å². The molecule has 0 aliphatic carbocycles. The van der Waals surface area contributed by atoms with Crippen molar-refractivity contribution in [2.45, 2.75) is 6.42 Å². The minimum absolute atomic E-state index is 0.0836. The van der Waals surface area contributed by atoms with Crippen LogP contribution >= 0.6 is 11.6 Å². The zero-order valence-electron chi connectivity index (χ0n) is 10.5. The summed E-state index contributed by atoms with van der Waals surface area (Å²) in [6.07, 6.45) is 3.66. The van der Waals surface area contributed by atoms with Crippen molar-refractivity contribution in [2.75, 3.05) is 5.32 Å². The van der Waals surface area contributed by atoms with Crippen LogP contribution in [0.2, 0.25) is 5.02 Å². The molecule has 5 nitrogen and oxygen atoms in total. The maximum Gasteiger partial charge on any atom is 0.228 e. The van der Waals surface area contributed by atoms with Crippen LogP contribution in [0.25, 0.3) is 5.65 Å². The van der Waals surface area contributed by atoms with E-state index < -0.39 is 0 Å². The lowest BCUT2D eigenvalue weighted by atomic mass is 10.1. The molecule has 0 aliphatic rings. The maximum absolute atomic E-state index is 12.0. The largest absolute Gasteiger partial charge is 0.324 e. The van der Waals surface area contributed by atoms with E-state index in [1.807, 2.05) is 12.1 Å². The summed E-state index contributed by atoms with van der Waals surface area (Å²) in [6, 6.07) is 10.8. The summed E-state index contributed by atoms with van der Waals surface area (Å²) in [6.45, 7) is 0. The average molecular weight is 287 g/mol. The number of aromatic nitrogens is 3. The quantitative estimate of drug-likeness (QED) is 0.805. The van der Waals surface area contributed by atoms with Gasteiger partial charge in [0.1, 0.15) is 6.33 Å². The molecule has 3 aromatic rings. The smallest absolute Gasteiger partial charge is 0.228 e. The second-order valence-corrected chi connectivity index (χ2v) is 4.80. The van der Waals surface area contributed by atoms with Gasteiger partial charge in [0.05, 0.1) is 12.1 Å². The third-order valence-corrected chi connectivity index (χ3v) is 3.10. The number of carbonyl (C=O) groups excluding carboxylic acids is 1. The van der Waals surface area contributed by atoms with Gasteiger partial charge in [0, 0.05) is 11.2 Å². The fourth-order valence-electron chi connectivity index (χ4n) is 1.89. The van der Waals surface area contributed by atoms with Gasteiger partial charge in [0.25, 0.3) is 0 Å². The van der Waals surface area contributed by atoms with Crippen molar-refractivity contribution < 1.29 is 4.79 Å². The summed E-state index contributed by atoms with van der Waals surface area (Å²) >= 11 is 5.81. The first-order chi connectivity index (χ1) is 9.70. The summed E-state index contributed by atoms with van der Waals surface area (Å²) in [4.78, 5) is 12.0. The van der Waals surface area contributed by atoms with Crippen LogP contribution in [0.15, 0.2) is 48.9 Å². The predicted octanol–water partition coefficient (Wildman–Crippen LogP) is 2.56. The van der Waals surface area contributed by atoms with Gasteiger partial charge >= 0.3 is 0 Å². The predicted molar refractivity (Wildman–Crippen MR) is 76.8 cm³/mol. The minimum atomic E-state index is -0.0836. The number of amides is 1. The van der Waals surface area contributed by atoms with Gasteiger partial charge in [0.15, 0.2) is 5.65 Å². The molecule has 1 N–H and O–H groups in total. The Morgan fingerprint density at radius 2 is 2.00 bits per heavy atom. The topological polar surface area (TPSA) is 59.3 Å². The van der Waals surface area contributed by atoms with E-state index in [0.29, 0.717) is 17.1 Å². The van der Waals surface area contributed by atoms with Crippen molar-refractivity contribution in [1.29, 1.82) is 0 Å². The molecule has 100 valence electrons. The molecule has 0 bridgehead atoms. The number of anilines is 1. The molecule has 1 amide bonds. The van der Waals surface area contributed by atoms with E-state index in [9.17, 15) is 4.79 Å². The molecular formula is C14H11ClN4O. The SMILES string of the molecule is O=C(Cc1ccc(Cl)cc1)Nc1ccc2nncn2c1. The number of halogens is 1. The Morgan fingerprint density at radius 3 is 2.80 bits per heavy atom.